The molecular weight excluding hydrogens is 725 g/mol. The standard InChI is InChI=1S/C47H68O10/c1-4-54-45(50)34-28-39-24-30-41(31-25-39)56-36-20-16-12-8-6-10-14-18-22-43(48)38(3)47(52,53)44(49)23-19-15-11-7-9-13-17-21-37-57-42-32-26-40(27-33-42)29-35-46(51)55-5-2/h24-35,38,52-53H,4-23,36-37H2,1-3H3. The Kier molecular flexibility index (Phi) is 25.6. The molecule has 0 aliphatic heterocycles. The van der Waals surface area contributed by atoms with Gasteiger partial charge in [-0.1, -0.05) is 101 Å². The van der Waals surface area contributed by atoms with Crippen LogP contribution in [0.1, 0.15) is 147 Å². The van der Waals surface area contributed by atoms with E-state index in [1.54, 1.807) is 26.0 Å². The van der Waals surface area contributed by atoms with Gasteiger partial charge in [0.05, 0.1) is 32.3 Å². The number of ketones is 2. The van der Waals surface area contributed by atoms with Crippen LogP contribution in [0.15, 0.2) is 60.7 Å². The monoisotopic (exact) mass is 792 g/mol. The molecule has 1 atom stereocenters. The summed E-state index contributed by atoms with van der Waals surface area (Å²) in [5.41, 5.74) is 1.80. The second-order valence-corrected chi connectivity index (χ2v) is 14.5. The van der Waals surface area contributed by atoms with Crippen molar-refractivity contribution < 1.29 is 48.3 Å². The Bertz CT molecular complexity index is 1480. The van der Waals surface area contributed by atoms with Gasteiger partial charge in [-0.05, 0) is 94.0 Å². The van der Waals surface area contributed by atoms with Gasteiger partial charge in [0.25, 0.3) is 0 Å². The second kappa shape index (κ2) is 29.9. The molecular formula is C47H68O10. The summed E-state index contributed by atoms with van der Waals surface area (Å²) in [4.78, 5) is 48.2. The minimum Gasteiger partial charge on any atom is -0.494 e. The van der Waals surface area contributed by atoms with E-state index < -0.39 is 17.5 Å². The molecule has 0 amide bonds. The zero-order valence-corrected chi connectivity index (χ0v) is 34.7. The summed E-state index contributed by atoms with van der Waals surface area (Å²) in [5.74, 6) is -3.82. The van der Waals surface area contributed by atoms with Gasteiger partial charge in [-0.2, -0.15) is 0 Å². The Morgan fingerprint density at radius 3 is 1.28 bits per heavy atom. The van der Waals surface area contributed by atoms with Crippen LogP contribution in [0, 0.1) is 5.92 Å². The first kappa shape index (κ1) is 48.9. The molecule has 0 saturated heterocycles. The number of aliphatic hydroxyl groups is 2. The van der Waals surface area contributed by atoms with E-state index in [0.717, 1.165) is 113 Å². The van der Waals surface area contributed by atoms with Gasteiger partial charge in [-0.3, -0.25) is 9.59 Å². The summed E-state index contributed by atoms with van der Waals surface area (Å²) in [7, 11) is 0. The topological polar surface area (TPSA) is 146 Å². The molecule has 2 rings (SSSR count). The van der Waals surface area contributed by atoms with Gasteiger partial charge in [0, 0.05) is 25.0 Å². The Labute approximate surface area is 341 Å². The highest BCUT2D eigenvalue weighted by Crippen LogP contribution is 2.23. The number of hydrogen-bond acceptors (Lipinski definition) is 10. The quantitative estimate of drug-likeness (QED) is 0.0310. The molecule has 10 heteroatoms. The van der Waals surface area contributed by atoms with Gasteiger partial charge >= 0.3 is 11.9 Å². The molecule has 2 aromatic rings. The van der Waals surface area contributed by atoms with Crippen LogP contribution < -0.4 is 9.47 Å². The third-order valence-electron chi connectivity index (χ3n) is 9.81. The maximum atomic E-state index is 12.7. The molecule has 0 saturated carbocycles. The summed E-state index contributed by atoms with van der Waals surface area (Å²) in [6, 6.07) is 15.2. The molecule has 0 fully saturated rings. The molecule has 0 bridgehead atoms. The highest BCUT2D eigenvalue weighted by atomic mass is 16.5. The Morgan fingerprint density at radius 1 is 0.544 bits per heavy atom. The maximum absolute atomic E-state index is 12.7. The molecule has 1 unspecified atom stereocenters. The number of Topliss-reactive ketones (excluding diaryl/α,β-unsaturated/α-hetero) is 2. The van der Waals surface area contributed by atoms with E-state index in [4.69, 9.17) is 18.9 Å². The molecule has 0 spiro atoms. The summed E-state index contributed by atoms with van der Waals surface area (Å²) in [6.45, 7) is 6.99. The lowest BCUT2D eigenvalue weighted by Crippen LogP contribution is -2.47. The van der Waals surface area contributed by atoms with Crippen molar-refractivity contribution in [3.8, 4) is 11.5 Å². The van der Waals surface area contributed by atoms with Crippen molar-refractivity contribution in [3.63, 3.8) is 0 Å². The summed E-state index contributed by atoms with van der Waals surface area (Å²) < 4.78 is 21.4. The Morgan fingerprint density at radius 2 is 0.895 bits per heavy atom. The molecule has 0 aliphatic carbocycles. The molecule has 2 N–H and O–H groups in total. The first-order valence-corrected chi connectivity index (χ1v) is 21.2. The highest BCUT2D eigenvalue weighted by molar-refractivity contribution is 5.93. The first-order valence-electron chi connectivity index (χ1n) is 21.2. The van der Waals surface area contributed by atoms with Gasteiger partial charge in [0.1, 0.15) is 17.3 Å². The van der Waals surface area contributed by atoms with Crippen LogP contribution in [-0.2, 0) is 28.7 Å². The van der Waals surface area contributed by atoms with Crippen LogP contribution in [0.5, 0.6) is 11.5 Å². The third-order valence-corrected chi connectivity index (χ3v) is 9.81. The van der Waals surface area contributed by atoms with E-state index in [1.807, 2.05) is 48.5 Å². The second-order valence-electron chi connectivity index (χ2n) is 14.5. The van der Waals surface area contributed by atoms with Crippen molar-refractivity contribution in [1.29, 1.82) is 0 Å². The predicted molar refractivity (Wildman–Crippen MR) is 225 cm³/mol. The van der Waals surface area contributed by atoms with Crippen molar-refractivity contribution >= 4 is 35.7 Å². The largest absolute Gasteiger partial charge is 0.494 e. The summed E-state index contributed by atoms with van der Waals surface area (Å²) >= 11 is 0. The fraction of sp³-hybridized carbons (Fsp3) is 0.574. The van der Waals surface area contributed by atoms with Crippen molar-refractivity contribution in [3.05, 3.63) is 71.8 Å². The molecule has 57 heavy (non-hydrogen) atoms. The van der Waals surface area contributed by atoms with Crippen molar-refractivity contribution in [1.82, 2.24) is 0 Å². The molecule has 0 aromatic heterocycles. The van der Waals surface area contributed by atoms with Gasteiger partial charge in [0.2, 0.25) is 5.79 Å². The lowest BCUT2D eigenvalue weighted by atomic mass is 9.88. The SMILES string of the molecule is CCOC(=O)C=Cc1ccc(OCCCCCCCCCCC(=O)C(C)C(O)(O)C(=O)CCCCCCCCCCOc2ccc(C=CC(=O)OCC)cc2)cc1. The number of unbranched alkanes of at least 4 members (excludes halogenated alkanes) is 14. The minimum absolute atomic E-state index is 0.0570. The predicted octanol–water partition coefficient (Wildman–Crippen LogP) is 9.77. The zero-order chi connectivity index (χ0) is 41.6. The van der Waals surface area contributed by atoms with E-state index in [0.29, 0.717) is 39.3 Å². The maximum Gasteiger partial charge on any atom is 0.330 e. The van der Waals surface area contributed by atoms with Crippen LogP contribution in [0.2, 0.25) is 0 Å². The molecule has 2 aromatic carbocycles. The Hall–Kier alpha value is -4.28. The summed E-state index contributed by atoms with van der Waals surface area (Å²) in [6.07, 6.45) is 22.2. The first-order chi connectivity index (χ1) is 27.6. The van der Waals surface area contributed by atoms with Gasteiger partial charge in [-0.25, -0.2) is 9.59 Å². The van der Waals surface area contributed by atoms with E-state index in [-0.39, 0.29) is 30.6 Å². The summed E-state index contributed by atoms with van der Waals surface area (Å²) in [5, 5.41) is 21.1. The molecule has 0 radical (unpaired) electrons. The zero-order valence-electron chi connectivity index (χ0n) is 34.7. The van der Waals surface area contributed by atoms with Crippen LogP contribution in [-0.4, -0.2) is 65.9 Å². The number of esters is 2. The molecule has 0 heterocycles. The average Bonchev–Trinajstić information content (AvgIpc) is 3.20. The van der Waals surface area contributed by atoms with E-state index in [2.05, 4.69) is 0 Å². The molecule has 10 nitrogen and oxygen atoms in total. The number of hydrogen-bond donors (Lipinski definition) is 2. The molecule has 316 valence electrons. The van der Waals surface area contributed by atoms with Crippen molar-refractivity contribution in [2.45, 2.75) is 142 Å². The fourth-order valence-corrected chi connectivity index (χ4v) is 6.22. The molecule has 0 aliphatic rings. The fourth-order valence-electron chi connectivity index (χ4n) is 6.22. The van der Waals surface area contributed by atoms with Crippen LogP contribution >= 0.6 is 0 Å². The van der Waals surface area contributed by atoms with E-state index in [9.17, 15) is 29.4 Å². The van der Waals surface area contributed by atoms with Gasteiger partial charge in [0.15, 0.2) is 5.78 Å². The number of carbonyl (C=O) groups is 4. The van der Waals surface area contributed by atoms with Crippen LogP contribution in [0.4, 0.5) is 0 Å². The normalized spacial score (nSPS) is 12.2. The van der Waals surface area contributed by atoms with Gasteiger partial charge < -0.3 is 29.2 Å². The smallest absolute Gasteiger partial charge is 0.330 e. The third kappa shape index (κ3) is 22.3. The van der Waals surface area contributed by atoms with Crippen molar-refractivity contribution in [2.75, 3.05) is 26.4 Å². The highest BCUT2D eigenvalue weighted by Gasteiger charge is 2.41. The lowest BCUT2D eigenvalue weighted by Gasteiger charge is -2.26. The minimum atomic E-state index is -2.61. The number of benzene rings is 2. The van der Waals surface area contributed by atoms with E-state index >= 15 is 0 Å². The van der Waals surface area contributed by atoms with E-state index in [1.165, 1.54) is 19.1 Å². The number of rotatable bonds is 33. The lowest BCUT2D eigenvalue weighted by molar-refractivity contribution is -0.202. The number of ether oxygens (including phenoxy) is 4. The Balaban J connectivity index is 1.42. The van der Waals surface area contributed by atoms with Crippen LogP contribution in [0.25, 0.3) is 12.2 Å². The van der Waals surface area contributed by atoms with Gasteiger partial charge in [-0.15, -0.1) is 0 Å². The average molecular weight is 793 g/mol. The number of carbonyl (C=O) groups excluding carboxylic acids is 4. The van der Waals surface area contributed by atoms with Crippen LogP contribution in [0.3, 0.4) is 0 Å². The van der Waals surface area contributed by atoms with Crippen molar-refractivity contribution in [2.24, 2.45) is 5.92 Å².